The molecule has 18 heavy (non-hydrogen) atoms. The van der Waals surface area contributed by atoms with Crippen LogP contribution in [0.1, 0.15) is 35.9 Å². The van der Waals surface area contributed by atoms with Gasteiger partial charge in [0.2, 0.25) is 0 Å². The van der Waals surface area contributed by atoms with Crippen molar-refractivity contribution in [2.24, 2.45) is 0 Å². The number of carboxylic acid groups (broad SMARTS) is 1. The van der Waals surface area contributed by atoms with Gasteiger partial charge in [-0.3, -0.25) is 4.57 Å². The maximum Gasteiger partial charge on any atom is 0.337 e. The van der Waals surface area contributed by atoms with Gasteiger partial charge in [0, 0.05) is 10.4 Å². The highest BCUT2D eigenvalue weighted by Crippen LogP contribution is 2.23. The molecule has 5 nitrogen and oxygen atoms in total. The van der Waals surface area contributed by atoms with Crippen LogP contribution in [0.3, 0.4) is 0 Å². The topological polar surface area (TPSA) is 68.0 Å². The molecule has 0 unspecified atom stereocenters. The monoisotopic (exact) mass is 309 g/mol. The molecule has 0 saturated heterocycles. The number of rotatable bonds is 3. The van der Waals surface area contributed by atoms with Gasteiger partial charge in [0.1, 0.15) is 12.2 Å². The number of halogens is 1. The van der Waals surface area contributed by atoms with Gasteiger partial charge in [-0.1, -0.05) is 29.8 Å². The summed E-state index contributed by atoms with van der Waals surface area (Å²) in [4.78, 5) is 11.3. The van der Waals surface area contributed by atoms with E-state index in [-0.39, 0.29) is 11.5 Å². The summed E-state index contributed by atoms with van der Waals surface area (Å²) < 4.78 is 2.43. The molecule has 6 heteroatoms. The van der Waals surface area contributed by atoms with E-state index in [0.717, 1.165) is 10.3 Å². The second-order valence-corrected chi connectivity index (χ2v) is 5.10. The van der Waals surface area contributed by atoms with Crippen LogP contribution in [0.4, 0.5) is 0 Å². The Morgan fingerprint density at radius 1 is 1.44 bits per heavy atom. The zero-order chi connectivity index (χ0) is 13.3. The van der Waals surface area contributed by atoms with Crippen molar-refractivity contribution >= 4 is 21.9 Å². The minimum absolute atomic E-state index is 0.165. The first-order valence-electron chi connectivity index (χ1n) is 5.44. The Kier molecular flexibility index (Phi) is 3.47. The lowest BCUT2D eigenvalue weighted by atomic mass is 10.1. The zero-order valence-corrected chi connectivity index (χ0v) is 11.5. The van der Waals surface area contributed by atoms with Crippen LogP contribution in [0.2, 0.25) is 0 Å². The van der Waals surface area contributed by atoms with E-state index < -0.39 is 5.97 Å². The van der Waals surface area contributed by atoms with Gasteiger partial charge in [-0.05, 0) is 18.2 Å². The highest BCUT2D eigenvalue weighted by atomic mass is 79.9. The molecule has 1 aromatic heterocycles. The fourth-order valence-corrected chi connectivity index (χ4v) is 2.07. The van der Waals surface area contributed by atoms with E-state index in [1.54, 1.807) is 22.8 Å². The number of hydrogen-bond acceptors (Lipinski definition) is 3. The molecule has 0 bridgehead atoms. The first kappa shape index (κ1) is 12.8. The smallest absolute Gasteiger partial charge is 0.337 e. The lowest BCUT2D eigenvalue weighted by molar-refractivity contribution is 0.0697. The number of aromatic nitrogens is 3. The summed E-state index contributed by atoms with van der Waals surface area (Å²) in [6.45, 7) is 3.97. The van der Waals surface area contributed by atoms with Gasteiger partial charge in [0.25, 0.3) is 0 Å². The Balaban J connectivity index is 2.63. The normalized spacial score (nSPS) is 10.9. The zero-order valence-electron chi connectivity index (χ0n) is 9.96. The van der Waals surface area contributed by atoms with Crippen molar-refractivity contribution in [2.45, 2.75) is 19.8 Å². The van der Waals surface area contributed by atoms with Gasteiger partial charge < -0.3 is 5.11 Å². The van der Waals surface area contributed by atoms with Gasteiger partial charge in [0.15, 0.2) is 0 Å². The molecule has 0 aliphatic rings. The summed E-state index contributed by atoms with van der Waals surface area (Å²) in [7, 11) is 0. The van der Waals surface area contributed by atoms with Crippen LogP contribution in [0.25, 0.3) is 5.69 Å². The van der Waals surface area contributed by atoms with Crippen molar-refractivity contribution < 1.29 is 9.90 Å². The van der Waals surface area contributed by atoms with E-state index >= 15 is 0 Å². The average Bonchev–Trinajstić information content (AvgIpc) is 2.77. The van der Waals surface area contributed by atoms with Crippen molar-refractivity contribution in [1.29, 1.82) is 0 Å². The van der Waals surface area contributed by atoms with E-state index in [9.17, 15) is 9.90 Å². The molecule has 0 amide bonds. The summed E-state index contributed by atoms with van der Waals surface area (Å²) in [6.07, 6.45) is 1.53. The van der Waals surface area contributed by atoms with Gasteiger partial charge in [0.05, 0.1) is 11.3 Å². The third-order valence-electron chi connectivity index (χ3n) is 2.54. The van der Waals surface area contributed by atoms with E-state index in [4.69, 9.17) is 0 Å². The summed E-state index contributed by atoms with van der Waals surface area (Å²) in [5.41, 5.74) is 0.783. The predicted molar refractivity (Wildman–Crippen MR) is 70.1 cm³/mol. The van der Waals surface area contributed by atoms with E-state index in [1.165, 1.54) is 6.33 Å². The third kappa shape index (κ3) is 2.28. The fourth-order valence-electron chi connectivity index (χ4n) is 1.71. The van der Waals surface area contributed by atoms with Crippen molar-refractivity contribution in [3.8, 4) is 5.69 Å². The Morgan fingerprint density at radius 3 is 2.78 bits per heavy atom. The van der Waals surface area contributed by atoms with Crippen molar-refractivity contribution in [3.63, 3.8) is 0 Å². The number of nitrogens with zero attached hydrogens (tertiary/aromatic N) is 3. The van der Waals surface area contributed by atoms with Crippen LogP contribution >= 0.6 is 15.9 Å². The first-order chi connectivity index (χ1) is 8.50. The molecule has 1 aromatic carbocycles. The number of benzene rings is 1. The number of aromatic carboxylic acids is 1. The standard InChI is InChI=1S/C12H12BrN3O2/c1-7(2)11-15-14-6-16(11)10-4-3-8(13)5-9(10)12(17)18/h3-7H,1-2H3,(H,17,18). The lowest BCUT2D eigenvalue weighted by Gasteiger charge is -2.11. The highest BCUT2D eigenvalue weighted by molar-refractivity contribution is 9.10. The fraction of sp³-hybridized carbons (Fsp3) is 0.250. The van der Waals surface area contributed by atoms with Crippen LogP contribution in [0.5, 0.6) is 0 Å². The Morgan fingerprint density at radius 2 is 2.17 bits per heavy atom. The SMILES string of the molecule is CC(C)c1nncn1-c1ccc(Br)cc1C(=O)O. The predicted octanol–water partition coefficient (Wildman–Crippen LogP) is 2.85. The second kappa shape index (κ2) is 4.89. The maximum absolute atomic E-state index is 11.3. The minimum Gasteiger partial charge on any atom is -0.478 e. The number of hydrogen-bond donors (Lipinski definition) is 1. The van der Waals surface area contributed by atoms with Crippen LogP contribution in [-0.4, -0.2) is 25.8 Å². The molecule has 2 aromatic rings. The van der Waals surface area contributed by atoms with Crippen molar-refractivity contribution in [1.82, 2.24) is 14.8 Å². The Bertz CT molecular complexity index is 593. The summed E-state index contributed by atoms with van der Waals surface area (Å²) in [5.74, 6) is -0.0766. The molecule has 2 rings (SSSR count). The van der Waals surface area contributed by atoms with Crippen LogP contribution in [0.15, 0.2) is 29.0 Å². The van der Waals surface area contributed by atoms with Crippen molar-refractivity contribution in [3.05, 3.63) is 40.4 Å². The van der Waals surface area contributed by atoms with Gasteiger partial charge in [-0.15, -0.1) is 10.2 Å². The molecular formula is C12H12BrN3O2. The molecule has 94 valence electrons. The summed E-state index contributed by atoms with van der Waals surface area (Å²) >= 11 is 3.27. The van der Waals surface area contributed by atoms with Crippen LogP contribution in [-0.2, 0) is 0 Å². The van der Waals surface area contributed by atoms with E-state index in [0.29, 0.717) is 5.69 Å². The molecule has 0 spiro atoms. The molecule has 0 fully saturated rings. The maximum atomic E-state index is 11.3. The number of carbonyl (C=O) groups is 1. The molecule has 0 aliphatic carbocycles. The van der Waals surface area contributed by atoms with Crippen LogP contribution < -0.4 is 0 Å². The minimum atomic E-state index is -0.977. The van der Waals surface area contributed by atoms with E-state index in [1.807, 2.05) is 13.8 Å². The Labute approximate surface area is 113 Å². The van der Waals surface area contributed by atoms with Gasteiger partial charge in [-0.2, -0.15) is 0 Å². The summed E-state index contributed by atoms with van der Waals surface area (Å²) in [5, 5.41) is 17.1. The molecular weight excluding hydrogens is 298 g/mol. The molecule has 1 N–H and O–H groups in total. The Hall–Kier alpha value is -1.69. The summed E-state index contributed by atoms with van der Waals surface area (Å²) in [6, 6.07) is 5.11. The average molecular weight is 310 g/mol. The van der Waals surface area contributed by atoms with Gasteiger partial charge >= 0.3 is 5.97 Å². The molecule has 0 atom stereocenters. The quantitative estimate of drug-likeness (QED) is 0.946. The van der Waals surface area contributed by atoms with Crippen molar-refractivity contribution in [2.75, 3.05) is 0 Å². The lowest BCUT2D eigenvalue weighted by Crippen LogP contribution is -2.08. The van der Waals surface area contributed by atoms with E-state index in [2.05, 4.69) is 26.1 Å². The second-order valence-electron chi connectivity index (χ2n) is 4.18. The molecule has 1 heterocycles. The highest BCUT2D eigenvalue weighted by Gasteiger charge is 2.16. The largest absolute Gasteiger partial charge is 0.478 e. The third-order valence-corrected chi connectivity index (χ3v) is 3.03. The first-order valence-corrected chi connectivity index (χ1v) is 6.23. The van der Waals surface area contributed by atoms with Crippen LogP contribution in [0, 0.1) is 0 Å². The van der Waals surface area contributed by atoms with Gasteiger partial charge in [-0.25, -0.2) is 4.79 Å². The molecule has 0 saturated carbocycles. The molecule has 0 radical (unpaired) electrons. The number of carboxylic acids is 1. The molecule has 0 aliphatic heterocycles.